The highest BCUT2D eigenvalue weighted by atomic mass is 16.3. The van der Waals surface area contributed by atoms with Gasteiger partial charge in [-0.3, -0.25) is 0 Å². The zero-order valence-corrected chi connectivity index (χ0v) is 29.9. The molecule has 0 aliphatic heterocycles. The van der Waals surface area contributed by atoms with Crippen molar-refractivity contribution in [3.8, 4) is 0 Å². The van der Waals surface area contributed by atoms with Gasteiger partial charge in [0, 0.05) is 44.9 Å². The lowest BCUT2D eigenvalue weighted by Gasteiger charge is -2.26. The van der Waals surface area contributed by atoms with Crippen LogP contribution in [0.2, 0.25) is 0 Å². The number of furan rings is 1. The molecule has 0 saturated heterocycles. The zero-order chi connectivity index (χ0) is 36.3. The first-order valence-corrected chi connectivity index (χ1v) is 18.7. The Labute approximate surface area is 318 Å². The Morgan fingerprint density at radius 2 is 0.564 bits per heavy atom. The summed E-state index contributed by atoms with van der Waals surface area (Å²) in [5, 5.41) is 11.7. The second-order valence-corrected chi connectivity index (χ2v) is 14.3. The van der Waals surface area contributed by atoms with Crippen molar-refractivity contribution in [3.63, 3.8) is 0 Å². The number of anilines is 6. The third kappa shape index (κ3) is 5.45. The molecule has 3 nitrogen and oxygen atoms in total. The molecule has 55 heavy (non-hydrogen) atoms. The van der Waals surface area contributed by atoms with Gasteiger partial charge in [0.05, 0.1) is 0 Å². The lowest BCUT2D eigenvalue weighted by atomic mass is 10.0. The fourth-order valence-corrected chi connectivity index (χ4v) is 8.20. The normalized spacial score (nSPS) is 11.6. The number of nitrogens with zero attached hydrogens (tertiary/aromatic N) is 2. The number of para-hydroxylation sites is 2. The van der Waals surface area contributed by atoms with Gasteiger partial charge in [-0.05, 0) is 140 Å². The van der Waals surface area contributed by atoms with Crippen LogP contribution in [0.25, 0.3) is 65.0 Å². The summed E-state index contributed by atoms with van der Waals surface area (Å²) in [6, 6.07) is 74.1. The molecule has 11 aromatic rings. The predicted molar refractivity (Wildman–Crippen MR) is 233 cm³/mol. The van der Waals surface area contributed by atoms with Crippen molar-refractivity contribution in [1.82, 2.24) is 0 Å². The Morgan fingerprint density at radius 1 is 0.236 bits per heavy atom. The summed E-state index contributed by atoms with van der Waals surface area (Å²) >= 11 is 0. The van der Waals surface area contributed by atoms with Crippen LogP contribution in [0.4, 0.5) is 34.1 Å². The standard InChI is InChI=1S/C52H34N2O/c1-3-15-43(16-4-1)53(45-23-19-35-11-7-9-13-37(35)27-45)47-25-21-39-33-51-49(31-41(39)29-47)50-32-42-30-48(26-22-40(42)34-52(50)55-51)54(44-17-5-2-6-18-44)46-24-20-36-12-8-10-14-38(36)28-46/h1-34H. The van der Waals surface area contributed by atoms with E-state index in [1.165, 1.54) is 21.5 Å². The van der Waals surface area contributed by atoms with Gasteiger partial charge in [-0.1, -0.05) is 109 Å². The maximum atomic E-state index is 6.56. The van der Waals surface area contributed by atoms with Crippen molar-refractivity contribution in [2.75, 3.05) is 9.80 Å². The summed E-state index contributed by atoms with van der Waals surface area (Å²) in [4.78, 5) is 4.68. The Morgan fingerprint density at radius 3 is 0.982 bits per heavy atom. The molecular weight excluding hydrogens is 669 g/mol. The zero-order valence-electron chi connectivity index (χ0n) is 29.9. The van der Waals surface area contributed by atoms with Crippen molar-refractivity contribution >= 4 is 99.2 Å². The molecule has 0 fully saturated rings. The number of hydrogen-bond donors (Lipinski definition) is 0. The predicted octanol–water partition coefficient (Wildman–Crippen LogP) is 15.1. The number of rotatable bonds is 6. The van der Waals surface area contributed by atoms with Crippen LogP contribution in [0.3, 0.4) is 0 Å². The molecule has 0 saturated carbocycles. The van der Waals surface area contributed by atoms with Crippen LogP contribution in [0.5, 0.6) is 0 Å². The lowest BCUT2D eigenvalue weighted by molar-refractivity contribution is 0.670. The molecule has 1 aromatic heterocycles. The molecule has 1 heterocycles. The van der Waals surface area contributed by atoms with Gasteiger partial charge in [0.2, 0.25) is 0 Å². The number of fused-ring (bicyclic) bond motifs is 7. The summed E-state index contributed by atoms with van der Waals surface area (Å²) in [6.45, 7) is 0. The van der Waals surface area contributed by atoms with Crippen LogP contribution in [-0.4, -0.2) is 0 Å². The Hall–Kier alpha value is -7.36. The van der Waals surface area contributed by atoms with Gasteiger partial charge >= 0.3 is 0 Å². The Bertz CT molecular complexity index is 3000. The first kappa shape index (κ1) is 31.2. The van der Waals surface area contributed by atoms with Crippen LogP contribution in [-0.2, 0) is 0 Å². The molecule has 3 heteroatoms. The summed E-state index contributed by atoms with van der Waals surface area (Å²) in [5.74, 6) is 0. The molecule has 0 aliphatic rings. The van der Waals surface area contributed by atoms with Crippen LogP contribution in [0, 0.1) is 0 Å². The summed E-state index contributed by atoms with van der Waals surface area (Å²) < 4.78 is 6.56. The number of hydrogen-bond acceptors (Lipinski definition) is 3. The van der Waals surface area contributed by atoms with E-state index in [4.69, 9.17) is 4.42 Å². The largest absolute Gasteiger partial charge is 0.456 e. The van der Waals surface area contributed by atoms with E-state index in [0.717, 1.165) is 77.6 Å². The van der Waals surface area contributed by atoms with Gasteiger partial charge in [0.15, 0.2) is 0 Å². The highest BCUT2D eigenvalue weighted by Crippen LogP contribution is 2.42. The van der Waals surface area contributed by atoms with Crippen molar-refractivity contribution in [2.24, 2.45) is 0 Å². The van der Waals surface area contributed by atoms with E-state index in [0.29, 0.717) is 0 Å². The van der Waals surface area contributed by atoms with E-state index in [-0.39, 0.29) is 0 Å². The SMILES string of the molecule is c1ccc(N(c2ccc3ccccc3c2)c2ccc3cc4oc5cc6ccc(N(c7ccccc7)c7ccc8ccccc8c7)cc6cc5c4cc3c2)cc1. The molecule has 11 rings (SSSR count). The third-order valence-corrected chi connectivity index (χ3v) is 10.9. The molecule has 10 aromatic carbocycles. The summed E-state index contributed by atoms with van der Waals surface area (Å²) in [6.07, 6.45) is 0. The van der Waals surface area contributed by atoms with Crippen LogP contribution < -0.4 is 9.80 Å². The van der Waals surface area contributed by atoms with Gasteiger partial charge in [-0.25, -0.2) is 0 Å². The molecule has 0 N–H and O–H groups in total. The van der Waals surface area contributed by atoms with Crippen molar-refractivity contribution in [2.45, 2.75) is 0 Å². The minimum Gasteiger partial charge on any atom is -0.456 e. The highest BCUT2D eigenvalue weighted by molar-refractivity contribution is 6.14. The monoisotopic (exact) mass is 702 g/mol. The van der Waals surface area contributed by atoms with Crippen molar-refractivity contribution < 1.29 is 4.42 Å². The topological polar surface area (TPSA) is 19.6 Å². The minimum absolute atomic E-state index is 0.891. The second kappa shape index (κ2) is 12.6. The molecular formula is C52H34N2O. The molecule has 0 amide bonds. The molecule has 0 bridgehead atoms. The molecule has 0 spiro atoms. The average molecular weight is 703 g/mol. The van der Waals surface area contributed by atoms with Crippen LogP contribution in [0.15, 0.2) is 211 Å². The Kier molecular flexibility index (Phi) is 7.17. The fourth-order valence-electron chi connectivity index (χ4n) is 8.20. The minimum atomic E-state index is 0.891. The molecule has 0 radical (unpaired) electrons. The van der Waals surface area contributed by atoms with E-state index in [1.807, 2.05) is 0 Å². The quantitative estimate of drug-likeness (QED) is 0.172. The summed E-state index contributed by atoms with van der Waals surface area (Å²) in [7, 11) is 0. The molecule has 0 unspecified atom stereocenters. The van der Waals surface area contributed by atoms with Gasteiger partial charge in [0.1, 0.15) is 11.2 Å². The highest BCUT2D eigenvalue weighted by Gasteiger charge is 2.17. The van der Waals surface area contributed by atoms with Gasteiger partial charge in [-0.2, -0.15) is 0 Å². The smallest absolute Gasteiger partial charge is 0.136 e. The lowest BCUT2D eigenvalue weighted by Crippen LogP contribution is -2.09. The van der Waals surface area contributed by atoms with E-state index in [9.17, 15) is 0 Å². The van der Waals surface area contributed by atoms with Crippen LogP contribution in [0.1, 0.15) is 0 Å². The molecule has 258 valence electrons. The van der Waals surface area contributed by atoms with E-state index in [1.54, 1.807) is 0 Å². The molecule has 0 aliphatic carbocycles. The molecule has 0 atom stereocenters. The van der Waals surface area contributed by atoms with Crippen molar-refractivity contribution in [3.05, 3.63) is 206 Å². The Balaban J connectivity index is 1.05. The van der Waals surface area contributed by atoms with Crippen molar-refractivity contribution in [1.29, 1.82) is 0 Å². The summed E-state index contributed by atoms with van der Waals surface area (Å²) in [5.41, 5.74) is 8.45. The van der Waals surface area contributed by atoms with Crippen LogP contribution >= 0.6 is 0 Å². The van der Waals surface area contributed by atoms with Gasteiger partial charge in [0.25, 0.3) is 0 Å². The maximum absolute atomic E-state index is 6.56. The van der Waals surface area contributed by atoms with Gasteiger partial charge < -0.3 is 14.2 Å². The second-order valence-electron chi connectivity index (χ2n) is 14.3. The fraction of sp³-hybridized carbons (Fsp3) is 0. The van der Waals surface area contributed by atoms with E-state index < -0.39 is 0 Å². The van der Waals surface area contributed by atoms with Gasteiger partial charge in [-0.15, -0.1) is 0 Å². The maximum Gasteiger partial charge on any atom is 0.136 e. The van der Waals surface area contributed by atoms with E-state index >= 15 is 0 Å². The first-order valence-electron chi connectivity index (χ1n) is 18.7. The average Bonchev–Trinajstić information content (AvgIpc) is 3.58. The third-order valence-electron chi connectivity index (χ3n) is 10.9. The first-order chi connectivity index (χ1) is 27.2. The number of benzene rings is 10. The van der Waals surface area contributed by atoms with E-state index in [2.05, 4.69) is 216 Å².